The highest BCUT2D eigenvalue weighted by Gasteiger charge is 2.34. The van der Waals surface area contributed by atoms with Gasteiger partial charge in [-0.1, -0.05) is 12.8 Å². The SMILES string of the molecule is CN(CC(=O)N1CC[C@H](Oc2ccc(F)cc2)[C@@H](CC(N)=O)C1)C1CCCC1. The molecule has 2 N–H and O–H groups in total. The van der Waals surface area contributed by atoms with Crippen LogP contribution in [0.5, 0.6) is 5.75 Å². The molecule has 0 radical (unpaired) electrons. The van der Waals surface area contributed by atoms with Crippen LogP contribution in [0.1, 0.15) is 38.5 Å². The largest absolute Gasteiger partial charge is 0.490 e. The number of ether oxygens (including phenoxy) is 1. The van der Waals surface area contributed by atoms with Crippen LogP contribution in [0.3, 0.4) is 0 Å². The molecule has 154 valence electrons. The fraction of sp³-hybridized carbons (Fsp3) is 0.619. The number of benzene rings is 1. The van der Waals surface area contributed by atoms with Crippen molar-refractivity contribution in [3.05, 3.63) is 30.1 Å². The van der Waals surface area contributed by atoms with E-state index < -0.39 is 5.91 Å². The van der Waals surface area contributed by atoms with E-state index in [9.17, 15) is 14.0 Å². The van der Waals surface area contributed by atoms with Gasteiger partial charge in [-0.3, -0.25) is 14.5 Å². The molecule has 1 aliphatic carbocycles. The molecule has 2 fully saturated rings. The van der Waals surface area contributed by atoms with E-state index in [4.69, 9.17) is 10.5 Å². The van der Waals surface area contributed by atoms with Crippen molar-refractivity contribution in [1.82, 2.24) is 9.80 Å². The summed E-state index contributed by atoms with van der Waals surface area (Å²) in [4.78, 5) is 28.3. The van der Waals surface area contributed by atoms with Crippen molar-refractivity contribution >= 4 is 11.8 Å². The first kappa shape index (κ1) is 20.6. The van der Waals surface area contributed by atoms with Gasteiger partial charge in [0.1, 0.15) is 17.7 Å². The number of carbonyl (C=O) groups is 2. The van der Waals surface area contributed by atoms with E-state index in [-0.39, 0.29) is 30.2 Å². The fourth-order valence-electron chi connectivity index (χ4n) is 4.32. The molecule has 1 saturated heterocycles. The smallest absolute Gasteiger partial charge is 0.236 e. The summed E-state index contributed by atoms with van der Waals surface area (Å²) in [5, 5.41) is 0. The van der Waals surface area contributed by atoms with Gasteiger partial charge in [-0.15, -0.1) is 0 Å². The number of likely N-dealkylation sites (tertiary alicyclic amines) is 1. The van der Waals surface area contributed by atoms with Crippen LogP contribution < -0.4 is 10.5 Å². The van der Waals surface area contributed by atoms with Crippen LogP contribution in [0.4, 0.5) is 4.39 Å². The molecule has 2 atom stereocenters. The quantitative estimate of drug-likeness (QED) is 0.773. The van der Waals surface area contributed by atoms with Gasteiger partial charge >= 0.3 is 0 Å². The maximum atomic E-state index is 13.1. The van der Waals surface area contributed by atoms with Gasteiger partial charge in [0.25, 0.3) is 0 Å². The van der Waals surface area contributed by atoms with Crippen LogP contribution in [0.15, 0.2) is 24.3 Å². The summed E-state index contributed by atoms with van der Waals surface area (Å²) in [7, 11) is 2.01. The molecule has 1 aromatic rings. The van der Waals surface area contributed by atoms with Crippen molar-refractivity contribution in [2.75, 3.05) is 26.7 Å². The highest BCUT2D eigenvalue weighted by atomic mass is 19.1. The van der Waals surface area contributed by atoms with Gasteiger partial charge in [-0.25, -0.2) is 4.39 Å². The number of rotatable bonds is 7. The lowest BCUT2D eigenvalue weighted by atomic mass is 9.91. The van der Waals surface area contributed by atoms with Gasteiger partial charge in [0.05, 0.1) is 6.54 Å². The van der Waals surface area contributed by atoms with Crippen LogP contribution in [-0.2, 0) is 9.59 Å². The summed E-state index contributed by atoms with van der Waals surface area (Å²) in [6.45, 7) is 1.43. The van der Waals surface area contributed by atoms with Gasteiger partial charge in [-0.2, -0.15) is 0 Å². The Morgan fingerprint density at radius 3 is 2.54 bits per heavy atom. The molecule has 6 nitrogen and oxygen atoms in total. The average molecular weight is 391 g/mol. The summed E-state index contributed by atoms with van der Waals surface area (Å²) < 4.78 is 19.1. The Morgan fingerprint density at radius 1 is 1.21 bits per heavy atom. The molecule has 2 aliphatic rings. The lowest BCUT2D eigenvalue weighted by Gasteiger charge is -2.39. The molecule has 0 aromatic heterocycles. The van der Waals surface area contributed by atoms with Gasteiger partial charge in [0.2, 0.25) is 11.8 Å². The summed E-state index contributed by atoms with van der Waals surface area (Å²) in [6, 6.07) is 6.33. The van der Waals surface area contributed by atoms with Gasteiger partial charge < -0.3 is 15.4 Å². The van der Waals surface area contributed by atoms with E-state index >= 15 is 0 Å². The predicted octanol–water partition coefficient (Wildman–Crippen LogP) is 2.17. The Balaban J connectivity index is 1.59. The van der Waals surface area contributed by atoms with E-state index in [0.29, 0.717) is 37.8 Å². The lowest BCUT2D eigenvalue weighted by Crippen LogP contribution is -2.51. The van der Waals surface area contributed by atoms with E-state index in [1.165, 1.54) is 25.0 Å². The minimum Gasteiger partial charge on any atom is -0.490 e. The zero-order chi connectivity index (χ0) is 20.1. The first-order chi connectivity index (χ1) is 13.4. The third kappa shape index (κ3) is 5.44. The average Bonchev–Trinajstić information content (AvgIpc) is 3.19. The molecule has 1 aliphatic heterocycles. The second kappa shape index (κ2) is 9.37. The number of halogens is 1. The molecule has 7 heteroatoms. The zero-order valence-electron chi connectivity index (χ0n) is 16.5. The molecule has 3 rings (SSSR count). The number of hydrogen-bond acceptors (Lipinski definition) is 4. The van der Waals surface area contributed by atoms with E-state index in [2.05, 4.69) is 4.90 Å². The first-order valence-electron chi connectivity index (χ1n) is 10.1. The Hall–Kier alpha value is -2.15. The first-order valence-corrected chi connectivity index (χ1v) is 10.1. The fourth-order valence-corrected chi connectivity index (χ4v) is 4.32. The maximum Gasteiger partial charge on any atom is 0.236 e. The summed E-state index contributed by atoms with van der Waals surface area (Å²) >= 11 is 0. The molecule has 0 unspecified atom stereocenters. The number of primary amides is 1. The third-order valence-corrected chi connectivity index (χ3v) is 5.91. The van der Waals surface area contributed by atoms with Crippen LogP contribution in [0, 0.1) is 11.7 Å². The predicted molar refractivity (Wildman–Crippen MR) is 104 cm³/mol. The number of piperidine rings is 1. The molecule has 2 amide bonds. The monoisotopic (exact) mass is 391 g/mol. The second-order valence-corrected chi connectivity index (χ2v) is 8.02. The molecular formula is C21H30FN3O3. The van der Waals surface area contributed by atoms with Gasteiger partial charge in [0.15, 0.2) is 0 Å². The Labute approximate surface area is 165 Å². The Bertz CT molecular complexity index is 676. The topological polar surface area (TPSA) is 75.9 Å². The molecule has 0 bridgehead atoms. The highest BCUT2D eigenvalue weighted by molar-refractivity contribution is 5.79. The maximum absolute atomic E-state index is 13.1. The molecule has 28 heavy (non-hydrogen) atoms. The summed E-state index contributed by atoms with van der Waals surface area (Å²) in [5.74, 6) is -0.259. The number of carbonyl (C=O) groups excluding carboxylic acids is 2. The molecule has 1 saturated carbocycles. The number of hydrogen-bond donors (Lipinski definition) is 1. The van der Waals surface area contributed by atoms with Crippen molar-refractivity contribution in [2.45, 2.75) is 50.7 Å². The van der Waals surface area contributed by atoms with Crippen LogP contribution in [-0.4, -0.2) is 60.4 Å². The van der Waals surface area contributed by atoms with Crippen molar-refractivity contribution in [1.29, 1.82) is 0 Å². The molecule has 1 aromatic carbocycles. The summed E-state index contributed by atoms with van der Waals surface area (Å²) in [5.41, 5.74) is 5.43. The van der Waals surface area contributed by atoms with Crippen LogP contribution in [0.2, 0.25) is 0 Å². The zero-order valence-corrected chi connectivity index (χ0v) is 16.5. The standard InChI is InChI=1S/C21H30FN3O3/c1-24(17-4-2-3-5-17)14-21(27)25-11-10-19(15(13-25)12-20(23)26)28-18-8-6-16(22)7-9-18/h6-9,15,17,19H,2-5,10-14H2,1H3,(H2,23,26)/t15-,19-/m0/s1. The molecular weight excluding hydrogens is 361 g/mol. The molecule has 1 heterocycles. The number of nitrogens with two attached hydrogens (primary N) is 1. The van der Waals surface area contributed by atoms with Gasteiger partial charge in [-0.05, 0) is 44.2 Å². The number of nitrogens with zero attached hydrogens (tertiary/aromatic N) is 2. The highest BCUT2D eigenvalue weighted by Crippen LogP contribution is 2.27. The number of amides is 2. The molecule has 0 spiro atoms. The lowest BCUT2D eigenvalue weighted by molar-refractivity contribution is -0.137. The Morgan fingerprint density at radius 2 is 1.89 bits per heavy atom. The van der Waals surface area contributed by atoms with Crippen molar-refractivity contribution in [2.24, 2.45) is 11.7 Å². The summed E-state index contributed by atoms with van der Waals surface area (Å²) in [6.07, 6.45) is 5.33. The second-order valence-electron chi connectivity index (χ2n) is 8.02. The van der Waals surface area contributed by atoms with Crippen LogP contribution >= 0.6 is 0 Å². The van der Waals surface area contributed by atoms with E-state index in [0.717, 1.165) is 12.8 Å². The third-order valence-electron chi connectivity index (χ3n) is 5.91. The van der Waals surface area contributed by atoms with E-state index in [1.807, 2.05) is 11.9 Å². The van der Waals surface area contributed by atoms with Gasteiger partial charge in [0, 0.05) is 37.9 Å². The minimum atomic E-state index is -0.407. The number of likely N-dealkylation sites (N-methyl/N-ethyl adjacent to an activating group) is 1. The van der Waals surface area contributed by atoms with Crippen molar-refractivity contribution in [3.63, 3.8) is 0 Å². The van der Waals surface area contributed by atoms with E-state index in [1.54, 1.807) is 12.1 Å². The Kier molecular flexibility index (Phi) is 6.88. The van der Waals surface area contributed by atoms with Crippen LogP contribution in [0.25, 0.3) is 0 Å². The normalized spacial score (nSPS) is 23.2. The minimum absolute atomic E-state index is 0.0871. The van der Waals surface area contributed by atoms with Crippen molar-refractivity contribution in [3.8, 4) is 5.75 Å². The van der Waals surface area contributed by atoms with Crippen molar-refractivity contribution < 1.29 is 18.7 Å².